The van der Waals surface area contributed by atoms with E-state index in [-0.39, 0.29) is 5.41 Å². The minimum absolute atomic E-state index is 0.0154. The molecule has 0 amide bonds. The summed E-state index contributed by atoms with van der Waals surface area (Å²) in [5.41, 5.74) is 7.95. The molecule has 1 aliphatic rings. The molecule has 3 aromatic rings. The van der Waals surface area contributed by atoms with Gasteiger partial charge < -0.3 is 0 Å². The van der Waals surface area contributed by atoms with Crippen molar-refractivity contribution in [2.45, 2.75) is 26.2 Å². The SMILES string of the molecule is Cc1cccc2c1-c1ccc(-c3ncccn3)cc1C2(C)C. The van der Waals surface area contributed by atoms with Gasteiger partial charge in [-0.05, 0) is 46.9 Å². The third kappa shape index (κ3) is 1.73. The number of hydrogen-bond donors (Lipinski definition) is 0. The van der Waals surface area contributed by atoms with E-state index in [0.717, 1.165) is 11.4 Å². The van der Waals surface area contributed by atoms with Gasteiger partial charge in [0.25, 0.3) is 0 Å². The fourth-order valence-corrected chi connectivity index (χ4v) is 3.56. The lowest BCUT2D eigenvalue weighted by Crippen LogP contribution is -2.15. The van der Waals surface area contributed by atoms with E-state index >= 15 is 0 Å². The van der Waals surface area contributed by atoms with Crippen molar-refractivity contribution in [2.75, 3.05) is 0 Å². The first kappa shape index (κ1) is 13.2. The lowest BCUT2D eigenvalue weighted by atomic mass is 9.82. The van der Waals surface area contributed by atoms with Crippen LogP contribution in [0.25, 0.3) is 22.5 Å². The second kappa shape index (κ2) is 4.51. The molecule has 1 aliphatic carbocycles. The number of benzene rings is 2. The number of fused-ring (bicyclic) bond motifs is 3. The second-order valence-electron chi connectivity index (χ2n) is 6.46. The van der Waals surface area contributed by atoms with Crippen LogP contribution < -0.4 is 0 Å². The molecule has 2 nitrogen and oxygen atoms in total. The number of aryl methyl sites for hydroxylation is 1. The molecule has 1 heterocycles. The normalized spacial score (nSPS) is 14.5. The molecule has 2 heteroatoms. The molecule has 108 valence electrons. The Hall–Kier alpha value is -2.48. The standard InChI is InChI=1S/C20H18N2/c1-13-6-4-7-16-18(13)15-9-8-14(12-17(15)20(16,2)3)19-21-10-5-11-22-19/h4-12H,1-3H3. The van der Waals surface area contributed by atoms with Crippen LogP contribution in [0.1, 0.15) is 30.5 Å². The molecule has 0 spiro atoms. The first-order valence-electron chi connectivity index (χ1n) is 7.61. The van der Waals surface area contributed by atoms with Gasteiger partial charge in [0.1, 0.15) is 0 Å². The van der Waals surface area contributed by atoms with Crippen LogP contribution in [-0.2, 0) is 5.41 Å². The predicted molar refractivity (Wildman–Crippen MR) is 89.8 cm³/mol. The molecule has 0 aliphatic heterocycles. The number of nitrogens with zero attached hydrogens (tertiary/aromatic N) is 2. The van der Waals surface area contributed by atoms with E-state index in [9.17, 15) is 0 Å². The first-order valence-corrected chi connectivity index (χ1v) is 7.61. The van der Waals surface area contributed by atoms with E-state index in [1.165, 1.54) is 27.8 Å². The van der Waals surface area contributed by atoms with Crippen molar-refractivity contribution in [3.8, 4) is 22.5 Å². The molecule has 22 heavy (non-hydrogen) atoms. The summed E-state index contributed by atoms with van der Waals surface area (Å²) >= 11 is 0. The molecule has 0 radical (unpaired) electrons. The summed E-state index contributed by atoms with van der Waals surface area (Å²) in [5.74, 6) is 0.786. The number of rotatable bonds is 1. The third-order valence-corrected chi connectivity index (χ3v) is 4.73. The molecule has 2 aromatic carbocycles. The zero-order chi connectivity index (χ0) is 15.3. The van der Waals surface area contributed by atoms with E-state index in [1.807, 2.05) is 6.07 Å². The van der Waals surface area contributed by atoms with E-state index in [1.54, 1.807) is 12.4 Å². The van der Waals surface area contributed by atoms with Crippen LogP contribution in [0.5, 0.6) is 0 Å². The Balaban J connectivity index is 1.97. The molecule has 1 aromatic heterocycles. The van der Waals surface area contributed by atoms with Gasteiger partial charge in [-0.15, -0.1) is 0 Å². The van der Waals surface area contributed by atoms with Gasteiger partial charge in [-0.25, -0.2) is 9.97 Å². The smallest absolute Gasteiger partial charge is 0.159 e. The maximum Gasteiger partial charge on any atom is 0.159 e. The van der Waals surface area contributed by atoms with Crippen molar-refractivity contribution in [1.29, 1.82) is 0 Å². The first-order chi connectivity index (χ1) is 10.6. The molecule has 0 fully saturated rings. The lowest BCUT2D eigenvalue weighted by Gasteiger charge is -2.22. The minimum Gasteiger partial charge on any atom is -0.237 e. The zero-order valence-electron chi connectivity index (χ0n) is 13.1. The summed E-state index contributed by atoms with van der Waals surface area (Å²) in [7, 11) is 0. The number of aromatic nitrogens is 2. The summed E-state index contributed by atoms with van der Waals surface area (Å²) in [5, 5.41) is 0. The summed E-state index contributed by atoms with van der Waals surface area (Å²) in [6, 6.07) is 15.1. The van der Waals surface area contributed by atoms with Gasteiger partial charge in [-0.2, -0.15) is 0 Å². The monoisotopic (exact) mass is 286 g/mol. The Morgan fingerprint density at radius 3 is 2.41 bits per heavy atom. The van der Waals surface area contributed by atoms with Crippen molar-refractivity contribution < 1.29 is 0 Å². The maximum absolute atomic E-state index is 4.38. The largest absolute Gasteiger partial charge is 0.237 e. The molecule has 0 N–H and O–H groups in total. The van der Waals surface area contributed by atoms with E-state index in [2.05, 4.69) is 67.1 Å². The summed E-state index contributed by atoms with van der Waals surface area (Å²) in [4.78, 5) is 8.76. The van der Waals surface area contributed by atoms with Crippen LogP contribution in [0.4, 0.5) is 0 Å². The van der Waals surface area contributed by atoms with Crippen LogP contribution in [0.15, 0.2) is 54.9 Å². The highest BCUT2D eigenvalue weighted by atomic mass is 14.8. The van der Waals surface area contributed by atoms with Gasteiger partial charge in [0.15, 0.2) is 5.82 Å². The van der Waals surface area contributed by atoms with E-state index in [0.29, 0.717) is 0 Å². The van der Waals surface area contributed by atoms with Crippen molar-refractivity contribution in [2.24, 2.45) is 0 Å². The highest BCUT2D eigenvalue weighted by Gasteiger charge is 2.36. The molecular formula is C20H18N2. The summed E-state index contributed by atoms with van der Waals surface area (Å²) < 4.78 is 0. The lowest BCUT2D eigenvalue weighted by molar-refractivity contribution is 0.660. The van der Waals surface area contributed by atoms with Crippen LogP contribution in [0.3, 0.4) is 0 Å². The Morgan fingerprint density at radius 2 is 1.64 bits per heavy atom. The van der Waals surface area contributed by atoms with Crippen LogP contribution in [0, 0.1) is 6.92 Å². The van der Waals surface area contributed by atoms with Crippen molar-refractivity contribution in [3.05, 3.63) is 71.5 Å². The molecule has 4 rings (SSSR count). The van der Waals surface area contributed by atoms with Gasteiger partial charge in [-0.1, -0.05) is 44.2 Å². The zero-order valence-corrected chi connectivity index (χ0v) is 13.1. The Labute approximate surface area is 130 Å². The fourth-order valence-electron chi connectivity index (χ4n) is 3.56. The second-order valence-corrected chi connectivity index (χ2v) is 6.46. The highest BCUT2D eigenvalue weighted by Crippen LogP contribution is 2.50. The fraction of sp³-hybridized carbons (Fsp3) is 0.200. The molecule has 0 unspecified atom stereocenters. The molecule has 0 atom stereocenters. The van der Waals surface area contributed by atoms with Gasteiger partial charge in [0, 0.05) is 23.4 Å². The maximum atomic E-state index is 4.38. The summed E-state index contributed by atoms with van der Waals surface area (Å²) in [6.45, 7) is 6.79. The van der Waals surface area contributed by atoms with Gasteiger partial charge in [0.05, 0.1) is 0 Å². The average molecular weight is 286 g/mol. The highest BCUT2D eigenvalue weighted by molar-refractivity contribution is 5.84. The Kier molecular flexibility index (Phi) is 2.70. The van der Waals surface area contributed by atoms with Crippen molar-refractivity contribution >= 4 is 0 Å². The van der Waals surface area contributed by atoms with E-state index < -0.39 is 0 Å². The van der Waals surface area contributed by atoms with Crippen LogP contribution in [-0.4, -0.2) is 9.97 Å². The molecule has 0 bridgehead atoms. The molecule has 0 saturated carbocycles. The minimum atomic E-state index is 0.0154. The Morgan fingerprint density at radius 1 is 0.864 bits per heavy atom. The average Bonchev–Trinajstić information content (AvgIpc) is 2.77. The van der Waals surface area contributed by atoms with Gasteiger partial charge >= 0.3 is 0 Å². The van der Waals surface area contributed by atoms with Crippen molar-refractivity contribution in [3.63, 3.8) is 0 Å². The topological polar surface area (TPSA) is 25.8 Å². The molecular weight excluding hydrogens is 268 g/mol. The number of hydrogen-bond acceptors (Lipinski definition) is 2. The third-order valence-electron chi connectivity index (χ3n) is 4.73. The van der Waals surface area contributed by atoms with Crippen LogP contribution in [0.2, 0.25) is 0 Å². The van der Waals surface area contributed by atoms with Crippen molar-refractivity contribution in [1.82, 2.24) is 9.97 Å². The van der Waals surface area contributed by atoms with E-state index in [4.69, 9.17) is 0 Å². The van der Waals surface area contributed by atoms with Gasteiger partial charge in [-0.3, -0.25) is 0 Å². The Bertz CT molecular complexity index is 864. The molecule has 0 saturated heterocycles. The van der Waals surface area contributed by atoms with Gasteiger partial charge in [0.2, 0.25) is 0 Å². The quantitative estimate of drug-likeness (QED) is 0.644. The summed E-state index contributed by atoms with van der Waals surface area (Å²) in [6.07, 6.45) is 3.58. The van der Waals surface area contributed by atoms with Crippen LogP contribution >= 0.6 is 0 Å². The predicted octanol–water partition coefficient (Wildman–Crippen LogP) is 4.76.